The summed E-state index contributed by atoms with van der Waals surface area (Å²) >= 11 is 0. The van der Waals surface area contributed by atoms with Crippen LogP contribution >= 0.6 is 0 Å². The zero-order valence-electron chi connectivity index (χ0n) is 10.2. The van der Waals surface area contributed by atoms with Crippen molar-refractivity contribution in [3.63, 3.8) is 0 Å². The third-order valence-corrected chi connectivity index (χ3v) is 3.00. The topological polar surface area (TPSA) is 52.2 Å². The maximum atomic E-state index is 10.7. The Kier molecular flexibility index (Phi) is 2.26. The summed E-state index contributed by atoms with van der Waals surface area (Å²) < 4.78 is 3.67. The van der Waals surface area contributed by atoms with E-state index in [1.54, 1.807) is 6.20 Å². The van der Waals surface area contributed by atoms with Gasteiger partial charge >= 0.3 is 0 Å². The molecule has 0 amide bonds. The molecule has 0 bridgehead atoms. The van der Waals surface area contributed by atoms with Crippen molar-refractivity contribution in [1.82, 2.24) is 19.2 Å². The van der Waals surface area contributed by atoms with Crippen molar-refractivity contribution in [3.05, 3.63) is 42.0 Å². The SMILES string of the molecule is Cc1cc(-c2ccc3nc(C=O)cn3c2)nn1C. The fraction of sp³-hybridized carbons (Fsp3) is 0.154. The zero-order valence-corrected chi connectivity index (χ0v) is 10.2. The minimum atomic E-state index is 0.435. The number of nitrogens with zero attached hydrogens (tertiary/aromatic N) is 4. The Morgan fingerprint density at radius 1 is 1.28 bits per heavy atom. The Balaban J connectivity index is 2.15. The Morgan fingerprint density at radius 3 is 2.78 bits per heavy atom. The van der Waals surface area contributed by atoms with Gasteiger partial charge < -0.3 is 4.40 Å². The first kappa shape index (κ1) is 10.7. The van der Waals surface area contributed by atoms with Crippen LogP contribution in [-0.4, -0.2) is 25.5 Å². The molecule has 3 heterocycles. The van der Waals surface area contributed by atoms with Crippen LogP contribution in [0.5, 0.6) is 0 Å². The predicted molar refractivity (Wildman–Crippen MR) is 67.5 cm³/mol. The number of fused-ring (bicyclic) bond motifs is 1. The first-order valence-electron chi connectivity index (χ1n) is 5.62. The molecular weight excluding hydrogens is 228 g/mol. The Labute approximate surface area is 104 Å². The van der Waals surface area contributed by atoms with E-state index in [0.717, 1.165) is 28.9 Å². The second-order valence-electron chi connectivity index (χ2n) is 4.26. The summed E-state index contributed by atoms with van der Waals surface area (Å²) in [5.41, 5.74) is 4.21. The normalized spacial score (nSPS) is 11.0. The smallest absolute Gasteiger partial charge is 0.170 e. The first-order chi connectivity index (χ1) is 8.67. The molecule has 5 heteroatoms. The van der Waals surface area contributed by atoms with Crippen molar-refractivity contribution in [2.75, 3.05) is 0 Å². The lowest BCUT2D eigenvalue weighted by atomic mass is 10.2. The summed E-state index contributed by atoms with van der Waals surface area (Å²) in [6.07, 6.45) is 4.39. The Hall–Kier alpha value is -2.43. The lowest BCUT2D eigenvalue weighted by Gasteiger charge is -1.98. The van der Waals surface area contributed by atoms with Gasteiger partial charge in [0.15, 0.2) is 6.29 Å². The summed E-state index contributed by atoms with van der Waals surface area (Å²) in [6.45, 7) is 2.01. The molecule has 3 rings (SSSR count). The predicted octanol–water partition coefficient (Wildman–Crippen LogP) is 1.86. The molecule has 0 aliphatic heterocycles. The molecule has 0 spiro atoms. The van der Waals surface area contributed by atoms with Gasteiger partial charge in [0.25, 0.3) is 0 Å². The lowest BCUT2D eigenvalue weighted by molar-refractivity contribution is 0.111. The number of aldehydes is 1. The molecule has 0 aliphatic carbocycles. The number of hydrogen-bond acceptors (Lipinski definition) is 3. The van der Waals surface area contributed by atoms with Gasteiger partial charge in [0.05, 0.1) is 5.69 Å². The van der Waals surface area contributed by atoms with Crippen molar-refractivity contribution in [2.24, 2.45) is 7.05 Å². The molecule has 0 aromatic carbocycles. The van der Waals surface area contributed by atoms with Crippen LogP contribution < -0.4 is 0 Å². The van der Waals surface area contributed by atoms with Gasteiger partial charge in [-0.3, -0.25) is 9.48 Å². The van der Waals surface area contributed by atoms with E-state index in [4.69, 9.17) is 0 Å². The van der Waals surface area contributed by atoms with Crippen molar-refractivity contribution >= 4 is 11.9 Å². The van der Waals surface area contributed by atoms with Crippen LogP contribution in [0.15, 0.2) is 30.6 Å². The van der Waals surface area contributed by atoms with E-state index >= 15 is 0 Å². The molecule has 0 unspecified atom stereocenters. The zero-order chi connectivity index (χ0) is 12.7. The molecule has 0 N–H and O–H groups in total. The second-order valence-corrected chi connectivity index (χ2v) is 4.26. The largest absolute Gasteiger partial charge is 0.306 e. The maximum Gasteiger partial charge on any atom is 0.170 e. The number of pyridine rings is 1. The Bertz CT molecular complexity index is 719. The third kappa shape index (κ3) is 1.60. The fourth-order valence-electron chi connectivity index (χ4n) is 1.92. The van der Waals surface area contributed by atoms with Gasteiger partial charge in [0, 0.05) is 30.7 Å². The number of carbonyl (C=O) groups excluding carboxylic acids is 1. The van der Waals surface area contributed by atoms with E-state index in [2.05, 4.69) is 10.1 Å². The lowest BCUT2D eigenvalue weighted by Crippen LogP contribution is -1.92. The highest BCUT2D eigenvalue weighted by Gasteiger charge is 2.06. The van der Waals surface area contributed by atoms with Gasteiger partial charge in [0.1, 0.15) is 11.3 Å². The molecule has 5 nitrogen and oxygen atoms in total. The molecule has 3 aromatic rings. The third-order valence-electron chi connectivity index (χ3n) is 3.00. The van der Waals surface area contributed by atoms with Crippen molar-refractivity contribution in [2.45, 2.75) is 6.92 Å². The molecule has 0 saturated carbocycles. The summed E-state index contributed by atoms with van der Waals surface area (Å²) in [5.74, 6) is 0. The highest BCUT2D eigenvalue weighted by Crippen LogP contribution is 2.19. The Morgan fingerprint density at radius 2 is 2.11 bits per heavy atom. The molecule has 0 saturated heterocycles. The standard InChI is InChI=1S/C13H12N4O/c1-9-5-12(15-16(9)2)10-3-4-13-14-11(8-18)7-17(13)6-10/h3-8H,1-2H3. The summed E-state index contributed by atoms with van der Waals surface area (Å²) in [4.78, 5) is 14.8. The first-order valence-corrected chi connectivity index (χ1v) is 5.62. The van der Waals surface area contributed by atoms with Crippen LogP contribution in [0.2, 0.25) is 0 Å². The highest BCUT2D eigenvalue weighted by atomic mass is 16.1. The van der Waals surface area contributed by atoms with Crippen LogP contribution in [-0.2, 0) is 7.05 Å². The van der Waals surface area contributed by atoms with E-state index in [9.17, 15) is 4.79 Å². The van der Waals surface area contributed by atoms with Gasteiger partial charge in [-0.2, -0.15) is 5.10 Å². The molecule has 3 aromatic heterocycles. The quantitative estimate of drug-likeness (QED) is 0.642. The van der Waals surface area contributed by atoms with Crippen LogP contribution in [0.25, 0.3) is 16.9 Å². The number of rotatable bonds is 2. The van der Waals surface area contributed by atoms with Gasteiger partial charge in [-0.1, -0.05) is 0 Å². The number of hydrogen-bond donors (Lipinski definition) is 0. The van der Waals surface area contributed by atoms with Crippen LogP contribution in [0.3, 0.4) is 0 Å². The van der Waals surface area contributed by atoms with Gasteiger partial charge in [-0.15, -0.1) is 0 Å². The van der Waals surface area contributed by atoms with E-state index in [1.807, 2.05) is 47.4 Å². The molecular formula is C13H12N4O. The van der Waals surface area contributed by atoms with E-state index < -0.39 is 0 Å². The minimum absolute atomic E-state index is 0.435. The highest BCUT2D eigenvalue weighted by molar-refractivity contribution is 5.73. The fourth-order valence-corrected chi connectivity index (χ4v) is 1.92. The van der Waals surface area contributed by atoms with Crippen LogP contribution in [0, 0.1) is 6.92 Å². The van der Waals surface area contributed by atoms with Gasteiger partial charge in [-0.25, -0.2) is 4.98 Å². The van der Waals surface area contributed by atoms with Crippen molar-refractivity contribution in [3.8, 4) is 11.3 Å². The van der Waals surface area contributed by atoms with Gasteiger partial charge in [-0.05, 0) is 25.1 Å². The van der Waals surface area contributed by atoms with Crippen LogP contribution in [0.1, 0.15) is 16.2 Å². The number of aromatic nitrogens is 4. The average molecular weight is 240 g/mol. The molecule has 18 heavy (non-hydrogen) atoms. The maximum absolute atomic E-state index is 10.7. The summed E-state index contributed by atoms with van der Waals surface area (Å²) in [6, 6.07) is 5.86. The van der Waals surface area contributed by atoms with E-state index in [0.29, 0.717) is 5.69 Å². The molecule has 0 fully saturated rings. The second kappa shape index (κ2) is 3.80. The number of aryl methyl sites for hydroxylation is 2. The van der Waals surface area contributed by atoms with E-state index in [1.165, 1.54) is 0 Å². The monoisotopic (exact) mass is 240 g/mol. The average Bonchev–Trinajstić information content (AvgIpc) is 2.92. The molecule has 0 aliphatic rings. The van der Waals surface area contributed by atoms with Crippen LogP contribution in [0.4, 0.5) is 0 Å². The molecule has 90 valence electrons. The minimum Gasteiger partial charge on any atom is -0.306 e. The van der Waals surface area contributed by atoms with Crippen molar-refractivity contribution in [1.29, 1.82) is 0 Å². The number of carbonyl (C=O) groups is 1. The summed E-state index contributed by atoms with van der Waals surface area (Å²) in [7, 11) is 1.92. The molecule has 0 atom stereocenters. The van der Waals surface area contributed by atoms with Crippen molar-refractivity contribution < 1.29 is 4.79 Å². The van der Waals surface area contributed by atoms with Gasteiger partial charge in [0.2, 0.25) is 0 Å². The molecule has 0 radical (unpaired) electrons. The van der Waals surface area contributed by atoms with E-state index in [-0.39, 0.29) is 0 Å². The summed E-state index contributed by atoms with van der Waals surface area (Å²) in [5, 5.41) is 4.43. The number of imidazole rings is 1.